The molecule has 0 amide bonds. The molecule has 4 heterocycles. The highest BCUT2D eigenvalue weighted by molar-refractivity contribution is 7.98. The number of aromatic nitrogens is 3. The molecule has 0 N–H and O–H groups in total. The Hall–Kier alpha value is -2.23. The molecular formula is C20H22N4O3S2. The van der Waals surface area contributed by atoms with Crippen LogP contribution in [0.25, 0.3) is 5.65 Å². The van der Waals surface area contributed by atoms with E-state index >= 15 is 0 Å². The van der Waals surface area contributed by atoms with E-state index in [1.54, 1.807) is 22.6 Å². The summed E-state index contributed by atoms with van der Waals surface area (Å²) in [5.41, 5.74) is 2.01. The number of hydrogen-bond acceptors (Lipinski definition) is 6. The minimum atomic E-state index is -3.47. The van der Waals surface area contributed by atoms with Crippen LogP contribution in [-0.2, 0) is 15.8 Å². The number of rotatable bonds is 5. The number of thioether (sulfide) groups is 1. The minimum Gasteiger partial charge on any atom is -0.269 e. The summed E-state index contributed by atoms with van der Waals surface area (Å²) in [6.07, 6.45) is 4.29. The molecule has 0 unspecified atom stereocenters. The predicted molar refractivity (Wildman–Crippen MR) is 113 cm³/mol. The molecule has 3 aromatic rings. The third-order valence-electron chi connectivity index (χ3n) is 4.96. The largest absolute Gasteiger partial charge is 0.269 e. The van der Waals surface area contributed by atoms with E-state index in [1.807, 2.05) is 19.1 Å². The lowest BCUT2D eigenvalue weighted by Crippen LogP contribution is -2.35. The van der Waals surface area contributed by atoms with E-state index in [0.717, 1.165) is 25.0 Å². The highest BCUT2D eigenvalue weighted by atomic mass is 32.2. The number of hydrogen-bond donors (Lipinski definition) is 0. The Morgan fingerprint density at radius 3 is 2.62 bits per heavy atom. The second kappa shape index (κ2) is 8.25. The van der Waals surface area contributed by atoms with Gasteiger partial charge < -0.3 is 0 Å². The van der Waals surface area contributed by atoms with Gasteiger partial charge in [0, 0.05) is 36.8 Å². The zero-order valence-electron chi connectivity index (χ0n) is 16.1. The van der Waals surface area contributed by atoms with E-state index in [1.165, 1.54) is 28.3 Å². The van der Waals surface area contributed by atoms with Crippen molar-refractivity contribution >= 4 is 27.4 Å². The van der Waals surface area contributed by atoms with Crippen LogP contribution in [0.15, 0.2) is 57.3 Å². The highest BCUT2D eigenvalue weighted by Crippen LogP contribution is 2.24. The molecule has 0 aromatic carbocycles. The summed E-state index contributed by atoms with van der Waals surface area (Å²) in [7, 11) is -3.47. The van der Waals surface area contributed by atoms with Crippen LogP contribution in [0.3, 0.4) is 0 Å². The zero-order valence-corrected chi connectivity index (χ0v) is 17.7. The first-order valence-electron chi connectivity index (χ1n) is 9.52. The predicted octanol–water partition coefficient (Wildman–Crippen LogP) is 2.86. The number of pyridine rings is 2. The summed E-state index contributed by atoms with van der Waals surface area (Å²) >= 11 is 1.42. The van der Waals surface area contributed by atoms with Gasteiger partial charge in [-0.05, 0) is 44.0 Å². The summed E-state index contributed by atoms with van der Waals surface area (Å²) < 4.78 is 28.5. The highest BCUT2D eigenvalue weighted by Gasteiger charge is 2.26. The van der Waals surface area contributed by atoms with Crippen LogP contribution in [0, 0.1) is 6.92 Å². The van der Waals surface area contributed by atoms with Gasteiger partial charge in [0.15, 0.2) is 0 Å². The fourth-order valence-electron chi connectivity index (χ4n) is 3.44. The SMILES string of the molecule is Cc1cccc2nc(CSc3ccc(S(=O)(=O)N4CCCCC4)cn3)cc(=O)n12. The summed E-state index contributed by atoms with van der Waals surface area (Å²) in [6, 6.07) is 10.4. The number of piperidine rings is 1. The molecule has 1 aliphatic heterocycles. The molecule has 0 spiro atoms. The number of sulfonamides is 1. The van der Waals surface area contributed by atoms with Gasteiger partial charge in [0.1, 0.15) is 10.5 Å². The molecule has 4 rings (SSSR count). The number of nitrogens with zero attached hydrogens (tertiary/aromatic N) is 4. The maximum atomic E-state index is 12.7. The van der Waals surface area contributed by atoms with Crippen molar-refractivity contribution in [1.82, 2.24) is 18.7 Å². The third-order valence-corrected chi connectivity index (χ3v) is 7.82. The standard InChI is InChI=1S/C20H22N4O3S2/c1-15-6-5-7-18-22-16(12-20(25)24(15)18)14-28-19-9-8-17(13-21-19)29(26,27)23-10-3-2-4-11-23/h5-9,12-13H,2-4,10-11,14H2,1H3. The normalized spacial score (nSPS) is 15.6. The van der Waals surface area contributed by atoms with E-state index in [0.29, 0.717) is 35.2 Å². The lowest BCUT2D eigenvalue weighted by atomic mass is 10.2. The molecule has 0 bridgehead atoms. The second-order valence-corrected chi connectivity index (χ2v) is 9.97. The smallest absolute Gasteiger partial charge is 0.258 e. The van der Waals surface area contributed by atoms with Gasteiger partial charge >= 0.3 is 0 Å². The van der Waals surface area contributed by atoms with Crippen molar-refractivity contribution in [3.8, 4) is 0 Å². The number of aryl methyl sites for hydroxylation is 1. The van der Waals surface area contributed by atoms with Crippen molar-refractivity contribution in [3.05, 3.63) is 64.3 Å². The van der Waals surface area contributed by atoms with Crippen LogP contribution in [0.2, 0.25) is 0 Å². The van der Waals surface area contributed by atoms with Crippen LogP contribution in [0.5, 0.6) is 0 Å². The molecule has 0 radical (unpaired) electrons. The second-order valence-electron chi connectivity index (χ2n) is 7.03. The van der Waals surface area contributed by atoms with E-state index in [-0.39, 0.29) is 10.5 Å². The molecule has 7 nitrogen and oxygen atoms in total. The maximum Gasteiger partial charge on any atom is 0.258 e. The molecule has 29 heavy (non-hydrogen) atoms. The first-order chi connectivity index (χ1) is 13.9. The van der Waals surface area contributed by atoms with Gasteiger partial charge in [-0.3, -0.25) is 9.20 Å². The van der Waals surface area contributed by atoms with E-state index in [2.05, 4.69) is 9.97 Å². The average molecular weight is 431 g/mol. The van der Waals surface area contributed by atoms with Gasteiger partial charge in [0.05, 0.1) is 10.7 Å². The molecule has 3 aromatic heterocycles. The zero-order chi connectivity index (χ0) is 20.4. The summed E-state index contributed by atoms with van der Waals surface area (Å²) in [4.78, 5) is 21.4. The van der Waals surface area contributed by atoms with E-state index in [9.17, 15) is 13.2 Å². The van der Waals surface area contributed by atoms with Gasteiger partial charge in [-0.2, -0.15) is 4.31 Å². The average Bonchev–Trinajstić information content (AvgIpc) is 2.73. The Kier molecular flexibility index (Phi) is 5.71. The first kappa shape index (κ1) is 20.1. The van der Waals surface area contributed by atoms with Crippen molar-refractivity contribution in [2.24, 2.45) is 0 Å². The van der Waals surface area contributed by atoms with Crippen LogP contribution in [0.4, 0.5) is 0 Å². The Bertz CT molecular complexity index is 1180. The quantitative estimate of drug-likeness (QED) is 0.579. The fourth-order valence-corrected chi connectivity index (χ4v) is 5.64. The van der Waals surface area contributed by atoms with Crippen LogP contribution < -0.4 is 5.56 Å². The fraction of sp³-hybridized carbons (Fsp3) is 0.350. The van der Waals surface area contributed by atoms with Gasteiger partial charge in [0.2, 0.25) is 10.0 Å². The number of fused-ring (bicyclic) bond motifs is 1. The molecule has 0 aliphatic carbocycles. The summed E-state index contributed by atoms with van der Waals surface area (Å²) in [5.74, 6) is 0.477. The Balaban J connectivity index is 1.48. The molecule has 152 valence electrons. The van der Waals surface area contributed by atoms with Crippen LogP contribution >= 0.6 is 11.8 Å². The molecule has 1 aliphatic rings. The van der Waals surface area contributed by atoms with Crippen molar-refractivity contribution in [2.45, 2.75) is 41.9 Å². The lowest BCUT2D eigenvalue weighted by molar-refractivity contribution is 0.346. The molecule has 0 saturated carbocycles. The topological polar surface area (TPSA) is 84.6 Å². The van der Waals surface area contributed by atoms with Crippen molar-refractivity contribution in [2.75, 3.05) is 13.1 Å². The van der Waals surface area contributed by atoms with Gasteiger partial charge in [-0.1, -0.05) is 12.5 Å². The maximum absolute atomic E-state index is 12.7. The Morgan fingerprint density at radius 2 is 1.90 bits per heavy atom. The van der Waals surface area contributed by atoms with E-state index in [4.69, 9.17) is 0 Å². The Morgan fingerprint density at radius 1 is 1.10 bits per heavy atom. The van der Waals surface area contributed by atoms with Crippen molar-refractivity contribution in [1.29, 1.82) is 0 Å². The van der Waals surface area contributed by atoms with Gasteiger partial charge in [-0.15, -0.1) is 11.8 Å². The molecular weight excluding hydrogens is 408 g/mol. The van der Waals surface area contributed by atoms with Crippen LogP contribution in [0.1, 0.15) is 30.7 Å². The molecule has 9 heteroatoms. The van der Waals surface area contributed by atoms with Crippen molar-refractivity contribution < 1.29 is 8.42 Å². The summed E-state index contributed by atoms with van der Waals surface area (Å²) in [5, 5.41) is 0.689. The summed E-state index contributed by atoms with van der Waals surface area (Å²) in [6.45, 7) is 3.01. The van der Waals surface area contributed by atoms with Crippen LogP contribution in [-0.4, -0.2) is 40.2 Å². The Labute approximate surface area is 173 Å². The monoisotopic (exact) mass is 430 g/mol. The first-order valence-corrected chi connectivity index (χ1v) is 11.9. The van der Waals surface area contributed by atoms with Crippen molar-refractivity contribution in [3.63, 3.8) is 0 Å². The lowest BCUT2D eigenvalue weighted by Gasteiger charge is -2.25. The van der Waals surface area contributed by atoms with Gasteiger partial charge in [-0.25, -0.2) is 18.4 Å². The molecule has 0 atom stereocenters. The third kappa shape index (κ3) is 4.22. The minimum absolute atomic E-state index is 0.111. The molecule has 1 fully saturated rings. The molecule has 1 saturated heterocycles. The van der Waals surface area contributed by atoms with E-state index < -0.39 is 10.0 Å². The van der Waals surface area contributed by atoms with Gasteiger partial charge in [0.25, 0.3) is 5.56 Å².